The molecule has 2 aromatic rings. The molecule has 21 heavy (non-hydrogen) atoms. The maximum Gasteiger partial charge on any atom is 0.338 e. The predicted molar refractivity (Wildman–Crippen MR) is 74.0 cm³/mol. The SMILES string of the molecule is COc1cc(Nc2nccc(C(=O)O)c2F)cc(OC)c1. The minimum absolute atomic E-state index is 0.190. The first-order valence-electron chi connectivity index (χ1n) is 5.93. The first-order valence-corrected chi connectivity index (χ1v) is 5.93. The third kappa shape index (κ3) is 3.19. The summed E-state index contributed by atoms with van der Waals surface area (Å²) in [6.07, 6.45) is 1.21. The second kappa shape index (κ2) is 6.08. The Morgan fingerprint density at radius 2 is 1.86 bits per heavy atom. The normalized spacial score (nSPS) is 10.0. The summed E-state index contributed by atoms with van der Waals surface area (Å²) >= 11 is 0. The summed E-state index contributed by atoms with van der Waals surface area (Å²) in [5, 5.41) is 11.6. The van der Waals surface area contributed by atoms with E-state index in [9.17, 15) is 9.18 Å². The molecule has 0 aliphatic rings. The highest BCUT2D eigenvalue weighted by Gasteiger charge is 2.15. The number of methoxy groups -OCH3 is 2. The van der Waals surface area contributed by atoms with Gasteiger partial charge in [-0.25, -0.2) is 14.2 Å². The van der Waals surface area contributed by atoms with Crippen LogP contribution in [0.2, 0.25) is 0 Å². The van der Waals surface area contributed by atoms with Gasteiger partial charge >= 0.3 is 5.97 Å². The van der Waals surface area contributed by atoms with Gasteiger partial charge in [0.25, 0.3) is 0 Å². The summed E-state index contributed by atoms with van der Waals surface area (Å²) < 4.78 is 24.2. The van der Waals surface area contributed by atoms with Gasteiger partial charge in [0, 0.05) is 30.1 Å². The molecule has 110 valence electrons. The molecular weight excluding hydrogens is 279 g/mol. The van der Waals surface area contributed by atoms with Gasteiger partial charge in [-0.05, 0) is 6.07 Å². The van der Waals surface area contributed by atoms with Crippen LogP contribution in [-0.2, 0) is 0 Å². The highest BCUT2D eigenvalue weighted by molar-refractivity contribution is 5.89. The molecule has 0 aliphatic carbocycles. The highest BCUT2D eigenvalue weighted by Crippen LogP contribution is 2.28. The first-order chi connectivity index (χ1) is 10.0. The molecule has 2 N–H and O–H groups in total. The molecule has 0 saturated heterocycles. The van der Waals surface area contributed by atoms with E-state index in [2.05, 4.69) is 10.3 Å². The van der Waals surface area contributed by atoms with Crippen LogP contribution in [0.5, 0.6) is 11.5 Å². The minimum atomic E-state index is -1.36. The molecule has 6 nitrogen and oxygen atoms in total. The average Bonchev–Trinajstić information content (AvgIpc) is 2.48. The molecule has 0 radical (unpaired) electrons. The molecule has 0 unspecified atom stereocenters. The van der Waals surface area contributed by atoms with Crippen LogP contribution in [0.3, 0.4) is 0 Å². The fourth-order valence-corrected chi connectivity index (χ4v) is 1.71. The fourth-order valence-electron chi connectivity index (χ4n) is 1.71. The molecule has 0 saturated carbocycles. The van der Waals surface area contributed by atoms with E-state index in [1.54, 1.807) is 18.2 Å². The lowest BCUT2D eigenvalue weighted by Gasteiger charge is -2.11. The van der Waals surface area contributed by atoms with Crippen molar-refractivity contribution >= 4 is 17.5 Å². The number of carboxylic acids is 1. The van der Waals surface area contributed by atoms with Crippen LogP contribution in [0.15, 0.2) is 30.5 Å². The number of rotatable bonds is 5. The van der Waals surface area contributed by atoms with Crippen LogP contribution in [0, 0.1) is 5.82 Å². The zero-order valence-electron chi connectivity index (χ0n) is 11.4. The quantitative estimate of drug-likeness (QED) is 0.882. The topological polar surface area (TPSA) is 80.7 Å². The van der Waals surface area contributed by atoms with Gasteiger partial charge in [0.15, 0.2) is 11.6 Å². The van der Waals surface area contributed by atoms with Crippen LogP contribution in [0.4, 0.5) is 15.9 Å². The highest BCUT2D eigenvalue weighted by atomic mass is 19.1. The van der Waals surface area contributed by atoms with Crippen molar-refractivity contribution in [1.82, 2.24) is 4.98 Å². The van der Waals surface area contributed by atoms with Crippen molar-refractivity contribution in [2.75, 3.05) is 19.5 Å². The zero-order chi connectivity index (χ0) is 15.4. The Morgan fingerprint density at radius 1 is 1.24 bits per heavy atom. The molecule has 7 heteroatoms. The second-order valence-corrected chi connectivity index (χ2v) is 4.05. The lowest BCUT2D eigenvalue weighted by Crippen LogP contribution is -2.05. The Morgan fingerprint density at radius 3 is 2.38 bits per heavy atom. The number of nitrogens with zero attached hydrogens (tertiary/aromatic N) is 1. The van der Waals surface area contributed by atoms with E-state index in [1.807, 2.05) is 0 Å². The number of halogens is 1. The number of carbonyl (C=O) groups is 1. The van der Waals surface area contributed by atoms with Crippen molar-refractivity contribution in [3.63, 3.8) is 0 Å². The van der Waals surface area contributed by atoms with Gasteiger partial charge in [0.05, 0.1) is 14.2 Å². The molecule has 0 amide bonds. The van der Waals surface area contributed by atoms with Gasteiger partial charge in [-0.2, -0.15) is 0 Å². The van der Waals surface area contributed by atoms with Crippen LogP contribution < -0.4 is 14.8 Å². The summed E-state index contributed by atoms with van der Waals surface area (Å²) in [5.41, 5.74) is 0.00231. The predicted octanol–water partition coefficient (Wildman–Crippen LogP) is 2.68. The minimum Gasteiger partial charge on any atom is -0.497 e. The van der Waals surface area contributed by atoms with Crippen LogP contribution in [0.1, 0.15) is 10.4 Å². The lowest BCUT2D eigenvalue weighted by molar-refractivity contribution is 0.0692. The molecule has 0 atom stereocenters. The lowest BCUT2D eigenvalue weighted by atomic mass is 10.2. The van der Waals surface area contributed by atoms with E-state index in [0.29, 0.717) is 17.2 Å². The number of ether oxygens (including phenoxy) is 2. The van der Waals surface area contributed by atoms with Crippen LogP contribution in [0.25, 0.3) is 0 Å². The maximum atomic E-state index is 14.0. The van der Waals surface area contributed by atoms with Crippen molar-refractivity contribution in [3.05, 3.63) is 41.8 Å². The number of carboxylic acid groups (broad SMARTS) is 1. The monoisotopic (exact) mass is 292 g/mol. The Hall–Kier alpha value is -2.83. The van der Waals surface area contributed by atoms with Crippen molar-refractivity contribution in [3.8, 4) is 11.5 Å². The van der Waals surface area contributed by atoms with E-state index in [4.69, 9.17) is 14.6 Å². The molecule has 0 aliphatic heterocycles. The first kappa shape index (κ1) is 14.6. The maximum absolute atomic E-state index is 14.0. The van der Waals surface area contributed by atoms with E-state index in [0.717, 1.165) is 6.07 Å². The number of aromatic nitrogens is 1. The number of benzene rings is 1. The standard InChI is InChI=1S/C14H13FN2O4/c1-20-9-5-8(6-10(7-9)21-2)17-13-12(15)11(14(18)19)3-4-16-13/h3-7H,1-2H3,(H,16,17)(H,18,19). The molecule has 0 bridgehead atoms. The molecule has 0 spiro atoms. The molecule has 0 fully saturated rings. The number of aromatic carboxylic acids is 1. The van der Waals surface area contributed by atoms with Crippen LogP contribution in [-0.4, -0.2) is 30.3 Å². The van der Waals surface area contributed by atoms with Gasteiger partial charge < -0.3 is 19.9 Å². The van der Waals surface area contributed by atoms with E-state index in [-0.39, 0.29) is 5.82 Å². The second-order valence-electron chi connectivity index (χ2n) is 4.05. The molecule has 2 rings (SSSR count). The largest absolute Gasteiger partial charge is 0.497 e. The van der Waals surface area contributed by atoms with Crippen LogP contribution >= 0.6 is 0 Å². The van der Waals surface area contributed by atoms with Gasteiger partial charge in [-0.1, -0.05) is 0 Å². The summed E-state index contributed by atoms with van der Waals surface area (Å²) in [6, 6.07) is 5.96. The number of hydrogen-bond donors (Lipinski definition) is 2. The van der Waals surface area contributed by atoms with Crippen molar-refractivity contribution in [2.45, 2.75) is 0 Å². The van der Waals surface area contributed by atoms with E-state index >= 15 is 0 Å². The molecular formula is C14H13FN2O4. The van der Waals surface area contributed by atoms with Gasteiger partial charge in [-0.15, -0.1) is 0 Å². The third-order valence-corrected chi connectivity index (χ3v) is 2.73. The molecule has 1 aromatic heterocycles. The van der Waals surface area contributed by atoms with Crippen molar-refractivity contribution < 1.29 is 23.8 Å². The van der Waals surface area contributed by atoms with E-state index < -0.39 is 17.3 Å². The Bertz CT molecular complexity index is 654. The number of pyridine rings is 1. The Labute approximate surface area is 120 Å². The Balaban J connectivity index is 2.38. The van der Waals surface area contributed by atoms with E-state index in [1.165, 1.54) is 20.4 Å². The Kier molecular flexibility index (Phi) is 4.22. The van der Waals surface area contributed by atoms with Crippen molar-refractivity contribution in [1.29, 1.82) is 0 Å². The zero-order valence-corrected chi connectivity index (χ0v) is 11.4. The third-order valence-electron chi connectivity index (χ3n) is 2.73. The van der Waals surface area contributed by atoms with Gasteiger partial charge in [0.2, 0.25) is 0 Å². The van der Waals surface area contributed by atoms with Crippen molar-refractivity contribution in [2.24, 2.45) is 0 Å². The summed E-state index contributed by atoms with van der Waals surface area (Å²) in [5.74, 6) is -1.48. The van der Waals surface area contributed by atoms with Gasteiger partial charge in [-0.3, -0.25) is 0 Å². The summed E-state index contributed by atoms with van der Waals surface area (Å²) in [7, 11) is 2.98. The molecule has 1 heterocycles. The smallest absolute Gasteiger partial charge is 0.338 e. The number of nitrogens with one attached hydrogen (secondary N) is 1. The van der Waals surface area contributed by atoms with Gasteiger partial charge in [0.1, 0.15) is 17.1 Å². The number of anilines is 2. The summed E-state index contributed by atoms with van der Waals surface area (Å²) in [6.45, 7) is 0. The number of hydrogen-bond acceptors (Lipinski definition) is 5. The molecule has 1 aromatic carbocycles. The average molecular weight is 292 g/mol. The fraction of sp³-hybridized carbons (Fsp3) is 0.143. The summed E-state index contributed by atoms with van der Waals surface area (Å²) in [4.78, 5) is 14.7.